The van der Waals surface area contributed by atoms with E-state index in [1.807, 2.05) is 0 Å². The smallest absolute Gasteiger partial charge is 0.0780 e. The van der Waals surface area contributed by atoms with Gasteiger partial charge in [0, 0.05) is 0 Å². The standard InChI is InChI=1S/C12H30N2/c1-13(2,3)11-9-7-8-10-12-14(4,5)6/h7-12H2,1-6H3/q+2/i1+2,4+2. The fraction of sp³-hybridized carbons (Fsp3) is 1.00. The topological polar surface area (TPSA) is 0 Å². The van der Waals surface area contributed by atoms with Crippen LogP contribution in [-0.4, -0.2) is 64.3 Å². The van der Waals surface area contributed by atoms with Crippen molar-refractivity contribution in [3.63, 3.8) is 0 Å². The first kappa shape index (κ1) is 13.9. The zero-order valence-electron chi connectivity index (χ0n) is 11.1. The third-order valence-corrected chi connectivity index (χ3v) is 2.41. The molecular weight excluding hydrogens is 176 g/mol. The second-order valence-corrected chi connectivity index (χ2v) is 6.44. The van der Waals surface area contributed by atoms with Gasteiger partial charge in [-0.15, -0.1) is 0 Å². The molecule has 0 saturated carbocycles. The van der Waals surface area contributed by atoms with Crippen LogP contribution >= 0.6 is 0 Å². The molecule has 0 amide bonds. The highest BCUT2D eigenvalue weighted by molar-refractivity contribution is 4.42. The van der Waals surface area contributed by atoms with Gasteiger partial charge in [0.1, 0.15) is 0 Å². The maximum Gasteiger partial charge on any atom is 0.0780 e. The molecule has 0 saturated heterocycles. The third-order valence-electron chi connectivity index (χ3n) is 2.41. The summed E-state index contributed by atoms with van der Waals surface area (Å²) in [6.07, 6.45) is 5.55. The molecule has 0 atom stereocenters. The maximum absolute atomic E-state index is 2.27. The van der Waals surface area contributed by atoms with Crippen LogP contribution in [0.2, 0.25) is 0 Å². The van der Waals surface area contributed by atoms with E-state index in [9.17, 15) is 0 Å². The highest BCUT2D eigenvalue weighted by atomic mass is 15.5. The molecule has 0 rings (SSSR count). The van der Waals surface area contributed by atoms with E-state index >= 15 is 0 Å². The molecule has 0 aromatic carbocycles. The summed E-state index contributed by atoms with van der Waals surface area (Å²) in [6, 6.07) is 0. The van der Waals surface area contributed by atoms with Crippen LogP contribution in [0, 0.1) is 0 Å². The fourth-order valence-corrected chi connectivity index (χ4v) is 1.53. The maximum atomic E-state index is 2.27. The summed E-state index contributed by atoms with van der Waals surface area (Å²) >= 11 is 0. The molecule has 0 radical (unpaired) electrons. The minimum atomic E-state index is 1.11. The van der Waals surface area contributed by atoms with Crippen LogP contribution in [0.3, 0.4) is 0 Å². The van der Waals surface area contributed by atoms with Crippen molar-refractivity contribution in [2.45, 2.75) is 25.7 Å². The molecule has 0 spiro atoms. The van der Waals surface area contributed by atoms with E-state index in [1.165, 1.54) is 38.8 Å². The van der Waals surface area contributed by atoms with Crippen LogP contribution in [-0.2, 0) is 0 Å². The molecule has 0 bridgehead atoms. The summed E-state index contributed by atoms with van der Waals surface area (Å²) < 4.78 is 2.21. The highest BCUT2D eigenvalue weighted by Crippen LogP contribution is 2.05. The largest absolute Gasteiger partial charge is 0.331 e. The first-order valence-corrected chi connectivity index (χ1v) is 5.82. The van der Waals surface area contributed by atoms with E-state index in [4.69, 9.17) is 0 Å². The fourth-order valence-electron chi connectivity index (χ4n) is 1.53. The highest BCUT2D eigenvalue weighted by Gasteiger charge is 2.07. The Labute approximate surface area is 90.7 Å². The van der Waals surface area contributed by atoms with Gasteiger partial charge in [-0.1, -0.05) is 0 Å². The van der Waals surface area contributed by atoms with Gasteiger partial charge >= 0.3 is 0 Å². The Bertz CT molecular complexity index is 121. The van der Waals surface area contributed by atoms with E-state index in [1.54, 1.807) is 0 Å². The van der Waals surface area contributed by atoms with Crippen LogP contribution in [0.1, 0.15) is 25.7 Å². The Morgan fingerprint density at radius 1 is 0.643 bits per heavy atom. The van der Waals surface area contributed by atoms with E-state index in [2.05, 4.69) is 42.3 Å². The summed E-state index contributed by atoms with van der Waals surface area (Å²) in [7, 11) is 13.6. The van der Waals surface area contributed by atoms with Gasteiger partial charge in [0.15, 0.2) is 0 Å². The number of hydrogen-bond acceptors (Lipinski definition) is 0. The van der Waals surface area contributed by atoms with E-state index in [-0.39, 0.29) is 0 Å². The van der Waals surface area contributed by atoms with Crippen molar-refractivity contribution in [3.05, 3.63) is 0 Å². The van der Waals surface area contributed by atoms with Crippen LogP contribution in [0.15, 0.2) is 0 Å². The molecule has 14 heavy (non-hydrogen) atoms. The number of rotatable bonds is 7. The lowest BCUT2D eigenvalue weighted by Gasteiger charge is -2.25. The summed E-state index contributed by atoms with van der Waals surface area (Å²) in [5, 5.41) is 0. The summed E-state index contributed by atoms with van der Waals surface area (Å²) in [5.74, 6) is 0. The molecule has 0 aliphatic carbocycles. The van der Waals surface area contributed by atoms with Crippen LogP contribution < -0.4 is 0 Å². The minimum Gasteiger partial charge on any atom is -0.331 e. The predicted octanol–water partition coefficient (Wildman–Crippen LogP) is 1.96. The lowest BCUT2D eigenvalue weighted by Crippen LogP contribution is -2.35. The second kappa shape index (κ2) is 5.72. The van der Waals surface area contributed by atoms with E-state index in [0.29, 0.717) is 0 Å². The molecular formula is C12H30N2+2. The average Bonchev–Trinajstić information content (AvgIpc) is 1.92. The van der Waals surface area contributed by atoms with Crippen LogP contribution in [0.5, 0.6) is 0 Å². The second-order valence-electron chi connectivity index (χ2n) is 6.44. The van der Waals surface area contributed by atoms with Gasteiger partial charge in [-0.25, -0.2) is 0 Å². The van der Waals surface area contributed by atoms with Gasteiger partial charge in [-0.05, 0) is 25.7 Å². The summed E-state index contributed by atoms with van der Waals surface area (Å²) in [4.78, 5) is 0. The Morgan fingerprint density at radius 3 is 1.14 bits per heavy atom. The molecule has 0 aliphatic heterocycles. The predicted molar refractivity (Wildman–Crippen MR) is 64.3 cm³/mol. The Balaban J connectivity index is 3.23. The molecule has 0 heterocycles. The van der Waals surface area contributed by atoms with Crippen LogP contribution in [0.25, 0.3) is 0 Å². The molecule has 0 aromatic heterocycles. The van der Waals surface area contributed by atoms with Crippen molar-refractivity contribution in [1.82, 2.24) is 0 Å². The number of hydrogen-bond donors (Lipinski definition) is 0. The number of nitrogens with zero attached hydrogens (tertiary/aromatic N) is 2. The molecule has 0 N–H and O–H groups in total. The summed E-state index contributed by atoms with van der Waals surface area (Å²) in [6.45, 7) is 2.62. The number of unbranched alkanes of at least 4 members (excludes halogenated alkanes) is 3. The first-order chi connectivity index (χ1) is 6.21. The Kier molecular flexibility index (Phi) is 5.68. The molecule has 0 aromatic rings. The van der Waals surface area contributed by atoms with Crippen molar-refractivity contribution in [1.29, 1.82) is 0 Å². The molecule has 0 aliphatic rings. The lowest BCUT2D eigenvalue weighted by molar-refractivity contribution is -0.871. The Hall–Kier alpha value is -0.0800. The molecule has 0 unspecified atom stereocenters. The zero-order valence-corrected chi connectivity index (χ0v) is 11.1. The molecule has 2 nitrogen and oxygen atoms in total. The van der Waals surface area contributed by atoms with Gasteiger partial charge in [-0.2, -0.15) is 0 Å². The van der Waals surface area contributed by atoms with Crippen molar-refractivity contribution in [2.24, 2.45) is 0 Å². The van der Waals surface area contributed by atoms with E-state index < -0.39 is 0 Å². The zero-order chi connectivity index (χ0) is 11.2. The minimum absolute atomic E-state index is 1.11. The molecule has 2 heteroatoms. The molecule has 0 fully saturated rings. The average molecular weight is 206 g/mol. The normalized spacial score (nSPS) is 13.3. The van der Waals surface area contributed by atoms with Gasteiger partial charge in [0.25, 0.3) is 0 Å². The molecule has 86 valence electrons. The van der Waals surface area contributed by atoms with E-state index in [0.717, 1.165) is 8.97 Å². The van der Waals surface area contributed by atoms with Gasteiger partial charge in [-0.3, -0.25) is 0 Å². The third kappa shape index (κ3) is 11.9. The first-order valence-electron chi connectivity index (χ1n) is 5.82. The van der Waals surface area contributed by atoms with Crippen molar-refractivity contribution < 1.29 is 8.97 Å². The van der Waals surface area contributed by atoms with Crippen LogP contribution in [0.4, 0.5) is 0 Å². The lowest BCUT2D eigenvalue weighted by atomic mass is 10.2. The quantitative estimate of drug-likeness (QED) is 0.441. The van der Waals surface area contributed by atoms with Gasteiger partial charge in [0.05, 0.1) is 55.4 Å². The van der Waals surface area contributed by atoms with Gasteiger partial charge in [0.2, 0.25) is 0 Å². The summed E-state index contributed by atoms with van der Waals surface area (Å²) in [5.41, 5.74) is 0. The number of quaternary nitrogens is 2. The van der Waals surface area contributed by atoms with Crippen molar-refractivity contribution in [3.8, 4) is 0 Å². The van der Waals surface area contributed by atoms with Crippen molar-refractivity contribution in [2.75, 3.05) is 55.4 Å². The monoisotopic (exact) mass is 206 g/mol. The van der Waals surface area contributed by atoms with Crippen molar-refractivity contribution >= 4 is 0 Å². The Morgan fingerprint density at radius 2 is 0.929 bits per heavy atom. The SMILES string of the molecule is C[N+](C)([14CH3])CCCCCC[N+](C)(C)[14CH3]. The van der Waals surface area contributed by atoms with Gasteiger partial charge < -0.3 is 8.97 Å².